The van der Waals surface area contributed by atoms with E-state index in [4.69, 9.17) is 14.2 Å². The minimum atomic E-state index is -0.843. The normalized spacial score (nSPS) is 10.2. The van der Waals surface area contributed by atoms with Gasteiger partial charge < -0.3 is 43.7 Å². The molecule has 0 saturated carbocycles. The monoisotopic (exact) mass is 845 g/mol. The van der Waals surface area contributed by atoms with E-state index in [1.54, 1.807) is 36.4 Å². The van der Waals surface area contributed by atoms with Crippen molar-refractivity contribution in [2.24, 2.45) is 0 Å². The van der Waals surface area contributed by atoms with E-state index in [2.05, 4.69) is 61.6 Å². The molecule has 0 saturated heterocycles. The molecule has 12 nitrogen and oxygen atoms in total. The van der Waals surface area contributed by atoms with Gasteiger partial charge in [0.1, 0.15) is 75.2 Å². The smallest absolute Gasteiger partial charge is 0.330 e. The van der Waals surface area contributed by atoms with Crippen LogP contribution < -0.4 is 14.2 Å². The lowest BCUT2D eigenvalue weighted by atomic mass is 10.3. The quantitative estimate of drug-likeness (QED) is 0.0632. The highest BCUT2D eigenvalue weighted by molar-refractivity contribution is 5.81. The fourth-order valence-electron chi connectivity index (χ4n) is 2.98. The standard InChI is InChI=1S/3C12H14O4.2C3H8.3C2H6/c3*1-2-12(14)16-9-10(13)8-15-11-6-4-3-5-7-11;2*1-3-2;3*1-2/h3*2-7,10,13H,1,8-9H2;2*3H2,1-2H3;3*1-2H3. The van der Waals surface area contributed by atoms with Gasteiger partial charge >= 0.3 is 17.9 Å². The summed E-state index contributed by atoms with van der Waals surface area (Å²) in [4.78, 5) is 32.1. The molecule has 0 spiro atoms. The summed E-state index contributed by atoms with van der Waals surface area (Å²) in [5.41, 5.74) is 0. The molecule has 3 aromatic carbocycles. The molecular formula is C48H76O12. The SMILES string of the molecule is C=CC(=O)OCC(O)COc1ccccc1.C=CC(=O)OCC(O)COc1ccccc1.C=CC(=O)OCC(O)COc1ccccc1.CC.CC.CC.CCC.CCC. The Kier molecular flexibility index (Phi) is 54.8. The van der Waals surface area contributed by atoms with E-state index < -0.39 is 36.2 Å². The summed E-state index contributed by atoms with van der Waals surface area (Å²) in [6.07, 6.45) is 3.11. The van der Waals surface area contributed by atoms with Gasteiger partial charge in [-0.1, -0.05) is 156 Å². The van der Waals surface area contributed by atoms with Gasteiger partial charge in [0, 0.05) is 18.2 Å². The predicted molar refractivity (Wildman–Crippen MR) is 243 cm³/mol. The van der Waals surface area contributed by atoms with E-state index in [1.807, 2.05) is 96.1 Å². The zero-order chi connectivity index (χ0) is 46.8. The predicted octanol–water partition coefficient (Wildman–Crippen LogP) is 9.38. The molecule has 0 fully saturated rings. The maximum atomic E-state index is 10.7. The van der Waals surface area contributed by atoms with Crippen LogP contribution in [0.25, 0.3) is 0 Å². The maximum absolute atomic E-state index is 10.7. The van der Waals surface area contributed by atoms with Crippen LogP contribution in [-0.2, 0) is 28.6 Å². The molecule has 0 heterocycles. The zero-order valence-corrected chi connectivity index (χ0v) is 37.9. The molecule has 60 heavy (non-hydrogen) atoms. The summed E-state index contributed by atoms with van der Waals surface area (Å²) in [6, 6.07) is 27.3. The van der Waals surface area contributed by atoms with E-state index in [-0.39, 0.29) is 39.6 Å². The van der Waals surface area contributed by atoms with Gasteiger partial charge in [-0.3, -0.25) is 0 Å². The third-order valence-corrected chi connectivity index (χ3v) is 5.31. The zero-order valence-electron chi connectivity index (χ0n) is 37.9. The van der Waals surface area contributed by atoms with Crippen molar-refractivity contribution in [1.82, 2.24) is 0 Å². The van der Waals surface area contributed by atoms with Crippen molar-refractivity contribution >= 4 is 17.9 Å². The Balaban J connectivity index is -0.000000222. The van der Waals surface area contributed by atoms with E-state index >= 15 is 0 Å². The van der Waals surface area contributed by atoms with Crippen LogP contribution in [0.15, 0.2) is 129 Å². The number of rotatable bonds is 18. The molecule has 3 aromatic rings. The molecule has 0 amide bonds. The number of benzene rings is 3. The highest BCUT2D eigenvalue weighted by Gasteiger charge is 2.09. The number of carbonyl (C=O) groups is 3. The van der Waals surface area contributed by atoms with Crippen LogP contribution in [0.3, 0.4) is 0 Å². The Hall–Kier alpha value is -5.43. The van der Waals surface area contributed by atoms with Crippen LogP contribution in [0.2, 0.25) is 0 Å². The first-order valence-corrected chi connectivity index (χ1v) is 20.4. The number of hydrogen-bond acceptors (Lipinski definition) is 12. The molecule has 0 radical (unpaired) electrons. The lowest BCUT2D eigenvalue weighted by Crippen LogP contribution is -2.24. The molecule has 3 rings (SSSR count). The molecule has 0 aliphatic heterocycles. The Morgan fingerprint density at radius 1 is 0.433 bits per heavy atom. The molecule has 0 bridgehead atoms. The summed E-state index contributed by atoms with van der Waals surface area (Å²) in [5.74, 6) is 0.320. The second-order valence-electron chi connectivity index (χ2n) is 10.8. The third-order valence-electron chi connectivity index (χ3n) is 5.31. The number of carbonyl (C=O) groups excluding carboxylic acids is 3. The van der Waals surface area contributed by atoms with E-state index in [9.17, 15) is 29.7 Å². The second-order valence-corrected chi connectivity index (χ2v) is 10.8. The van der Waals surface area contributed by atoms with E-state index in [1.165, 1.54) is 12.8 Å². The Labute approximate surface area is 361 Å². The van der Waals surface area contributed by atoms with Gasteiger partial charge in [0.25, 0.3) is 0 Å². The summed E-state index contributed by atoms with van der Waals surface area (Å²) >= 11 is 0. The van der Waals surface area contributed by atoms with Crippen molar-refractivity contribution in [3.05, 3.63) is 129 Å². The van der Waals surface area contributed by atoms with Crippen LogP contribution >= 0.6 is 0 Å². The second kappa shape index (κ2) is 51.6. The number of aliphatic hydroxyl groups excluding tert-OH is 3. The van der Waals surface area contributed by atoms with Gasteiger partial charge in [-0.05, 0) is 36.4 Å². The molecular weight excluding hydrogens is 769 g/mol. The van der Waals surface area contributed by atoms with Gasteiger partial charge in [-0.2, -0.15) is 0 Å². The van der Waals surface area contributed by atoms with Gasteiger partial charge in [-0.15, -0.1) is 0 Å². The highest BCUT2D eigenvalue weighted by atomic mass is 16.6. The fourth-order valence-corrected chi connectivity index (χ4v) is 2.98. The van der Waals surface area contributed by atoms with Crippen molar-refractivity contribution in [1.29, 1.82) is 0 Å². The maximum Gasteiger partial charge on any atom is 0.330 e. The topological polar surface area (TPSA) is 167 Å². The van der Waals surface area contributed by atoms with Crippen LogP contribution in [-0.4, -0.2) is 91.2 Å². The Morgan fingerprint density at radius 3 is 0.783 bits per heavy atom. The van der Waals surface area contributed by atoms with Gasteiger partial charge in [0.2, 0.25) is 0 Å². The Bertz CT molecular complexity index is 1200. The summed E-state index contributed by atoms with van der Waals surface area (Å²) in [6.45, 7) is 30.2. The molecule has 3 N–H and O–H groups in total. The number of aliphatic hydroxyl groups is 3. The third kappa shape index (κ3) is 46.9. The lowest BCUT2D eigenvalue weighted by Gasteiger charge is -2.11. The first-order valence-electron chi connectivity index (χ1n) is 20.4. The van der Waals surface area contributed by atoms with Gasteiger partial charge in [0.05, 0.1) is 0 Å². The van der Waals surface area contributed by atoms with Crippen LogP contribution in [0.1, 0.15) is 82.1 Å². The molecule has 0 aliphatic carbocycles. The minimum Gasteiger partial charge on any atom is -0.491 e. The fraction of sp³-hybridized carbons (Fsp3) is 0.438. The van der Waals surface area contributed by atoms with Crippen molar-refractivity contribution in [2.45, 2.75) is 100 Å². The van der Waals surface area contributed by atoms with Gasteiger partial charge in [-0.25, -0.2) is 14.4 Å². The van der Waals surface area contributed by atoms with Crippen LogP contribution in [0.5, 0.6) is 17.2 Å². The Morgan fingerprint density at radius 2 is 0.617 bits per heavy atom. The molecule has 0 aromatic heterocycles. The highest BCUT2D eigenvalue weighted by Crippen LogP contribution is 2.10. The number of esters is 3. The molecule has 340 valence electrons. The summed E-state index contributed by atoms with van der Waals surface area (Å²) in [7, 11) is 0. The number of para-hydroxylation sites is 3. The molecule has 0 aliphatic rings. The van der Waals surface area contributed by atoms with E-state index in [0.717, 1.165) is 18.2 Å². The van der Waals surface area contributed by atoms with Crippen molar-refractivity contribution in [2.75, 3.05) is 39.6 Å². The molecule has 3 unspecified atom stereocenters. The van der Waals surface area contributed by atoms with E-state index in [0.29, 0.717) is 17.2 Å². The van der Waals surface area contributed by atoms with Crippen LogP contribution in [0.4, 0.5) is 0 Å². The molecule has 12 heteroatoms. The molecule has 3 atom stereocenters. The van der Waals surface area contributed by atoms with Crippen molar-refractivity contribution in [3.8, 4) is 17.2 Å². The minimum absolute atomic E-state index is 0.0778. The van der Waals surface area contributed by atoms with Gasteiger partial charge in [0.15, 0.2) is 0 Å². The first-order chi connectivity index (χ1) is 29.0. The van der Waals surface area contributed by atoms with Crippen LogP contribution in [0, 0.1) is 0 Å². The van der Waals surface area contributed by atoms with Crippen molar-refractivity contribution in [3.63, 3.8) is 0 Å². The average molecular weight is 845 g/mol. The number of ether oxygens (including phenoxy) is 6. The first kappa shape index (κ1) is 63.7. The summed E-state index contributed by atoms with van der Waals surface area (Å²) < 4.78 is 29.8. The largest absolute Gasteiger partial charge is 0.491 e. The van der Waals surface area contributed by atoms with Crippen molar-refractivity contribution < 1.29 is 58.1 Å². The number of hydrogen-bond donors (Lipinski definition) is 3. The lowest BCUT2D eigenvalue weighted by molar-refractivity contribution is -0.142. The summed E-state index contributed by atoms with van der Waals surface area (Å²) in [5, 5.41) is 28.3. The average Bonchev–Trinajstić information content (AvgIpc) is 3.31.